The number of nitrogens with one attached hydrogen (secondary N) is 2. The van der Waals surface area contributed by atoms with Gasteiger partial charge in [0.1, 0.15) is 5.76 Å². The fourth-order valence-electron chi connectivity index (χ4n) is 1.67. The molecule has 1 atom stereocenters. The highest BCUT2D eigenvalue weighted by molar-refractivity contribution is 5.86. The first kappa shape index (κ1) is 16.2. The number of rotatable bonds is 5. The van der Waals surface area contributed by atoms with Crippen LogP contribution in [0.4, 0.5) is 0 Å². The Hall–Kier alpha value is -1.82. The van der Waals surface area contributed by atoms with E-state index in [2.05, 4.69) is 10.6 Å². The lowest BCUT2D eigenvalue weighted by molar-refractivity contribution is -0.124. The van der Waals surface area contributed by atoms with Crippen LogP contribution in [0.1, 0.15) is 49.6 Å². The van der Waals surface area contributed by atoms with Crippen molar-refractivity contribution in [1.29, 1.82) is 0 Å². The van der Waals surface area contributed by atoms with Crippen molar-refractivity contribution in [3.05, 3.63) is 23.2 Å². The minimum Gasteiger partial charge on any atom is -0.475 e. The van der Waals surface area contributed by atoms with Crippen LogP contribution in [-0.4, -0.2) is 28.6 Å². The SMILES string of the molecule is Cc1cc(CNC(C)C(=O)NC(C)(C)C)oc1C(=O)O. The molecule has 0 aliphatic rings. The molecule has 20 heavy (non-hydrogen) atoms. The molecule has 0 aliphatic heterocycles. The van der Waals surface area contributed by atoms with Crippen LogP contribution in [0.3, 0.4) is 0 Å². The van der Waals surface area contributed by atoms with E-state index < -0.39 is 12.0 Å². The van der Waals surface area contributed by atoms with E-state index in [-0.39, 0.29) is 17.2 Å². The van der Waals surface area contributed by atoms with Crippen LogP contribution in [0, 0.1) is 6.92 Å². The summed E-state index contributed by atoms with van der Waals surface area (Å²) in [6, 6.07) is 1.26. The molecule has 0 bridgehead atoms. The van der Waals surface area contributed by atoms with Gasteiger partial charge in [0.05, 0.1) is 12.6 Å². The van der Waals surface area contributed by atoms with E-state index in [1.54, 1.807) is 19.9 Å². The van der Waals surface area contributed by atoms with Crippen molar-refractivity contribution in [3.63, 3.8) is 0 Å². The maximum atomic E-state index is 11.9. The molecule has 0 aromatic carbocycles. The molecule has 1 amide bonds. The molecule has 1 aromatic heterocycles. The van der Waals surface area contributed by atoms with Crippen molar-refractivity contribution in [2.24, 2.45) is 0 Å². The molecule has 1 rings (SSSR count). The first-order valence-electron chi connectivity index (χ1n) is 6.48. The Kier molecular flexibility index (Phi) is 4.94. The van der Waals surface area contributed by atoms with Gasteiger partial charge in [0.2, 0.25) is 11.7 Å². The van der Waals surface area contributed by atoms with E-state index in [4.69, 9.17) is 9.52 Å². The smallest absolute Gasteiger partial charge is 0.372 e. The Morgan fingerprint density at radius 3 is 2.45 bits per heavy atom. The standard InChI is InChI=1S/C14H22N2O4/c1-8-6-10(20-11(8)13(18)19)7-15-9(2)12(17)16-14(3,4)5/h6,9,15H,7H2,1-5H3,(H,16,17)(H,18,19). The van der Waals surface area contributed by atoms with Gasteiger partial charge in [0.15, 0.2) is 0 Å². The first-order chi connectivity index (χ1) is 9.10. The van der Waals surface area contributed by atoms with E-state index in [1.807, 2.05) is 20.8 Å². The van der Waals surface area contributed by atoms with Crippen molar-refractivity contribution in [2.45, 2.75) is 52.7 Å². The zero-order chi connectivity index (χ0) is 15.5. The number of carboxylic acids is 1. The summed E-state index contributed by atoms with van der Waals surface area (Å²) >= 11 is 0. The summed E-state index contributed by atoms with van der Waals surface area (Å²) in [5.41, 5.74) is 0.284. The van der Waals surface area contributed by atoms with E-state index >= 15 is 0 Å². The summed E-state index contributed by atoms with van der Waals surface area (Å²) in [5, 5.41) is 14.8. The third-order valence-corrected chi connectivity index (χ3v) is 2.64. The van der Waals surface area contributed by atoms with Crippen LogP contribution in [0.25, 0.3) is 0 Å². The van der Waals surface area contributed by atoms with E-state index in [0.29, 0.717) is 17.9 Å². The molecule has 112 valence electrons. The van der Waals surface area contributed by atoms with Gasteiger partial charge in [-0.05, 0) is 40.7 Å². The van der Waals surface area contributed by atoms with Crippen LogP contribution >= 0.6 is 0 Å². The number of furan rings is 1. The molecular formula is C14H22N2O4. The Morgan fingerprint density at radius 1 is 1.40 bits per heavy atom. The molecule has 0 saturated heterocycles. The van der Waals surface area contributed by atoms with Crippen molar-refractivity contribution < 1.29 is 19.1 Å². The van der Waals surface area contributed by atoms with Crippen LogP contribution in [0.2, 0.25) is 0 Å². The zero-order valence-corrected chi connectivity index (χ0v) is 12.5. The fraction of sp³-hybridized carbons (Fsp3) is 0.571. The molecule has 0 aliphatic carbocycles. The zero-order valence-electron chi connectivity index (χ0n) is 12.5. The predicted octanol–water partition coefficient (Wildman–Crippen LogP) is 1.68. The molecule has 0 spiro atoms. The molecule has 1 heterocycles. The number of amides is 1. The van der Waals surface area contributed by atoms with Gasteiger partial charge in [-0.15, -0.1) is 0 Å². The highest BCUT2D eigenvalue weighted by Crippen LogP contribution is 2.14. The second kappa shape index (κ2) is 6.09. The van der Waals surface area contributed by atoms with Crippen molar-refractivity contribution in [2.75, 3.05) is 0 Å². The van der Waals surface area contributed by atoms with Gasteiger partial charge in [0, 0.05) is 11.1 Å². The fourth-order valence-corrected chi connectivity index (χ4v) is 1.67. The number of hydrogen-bond acceptors (Lipinski definition) is 4. The van der Waals surface area contributed by atoms with E-state index in [0.717, 1.165) is 0 Å². The molecular weight excluding hydrogens is 260 g/mol. The second-order valence-corrected chi connectivity index (χ2v) is 5.87. The largest absolute Gasteiger partial charge is 0.475 e. The monoisotopic (exact) mass is 282 g/mol. The summed E-state index contributed by atoms with van der Waals surface area (Å²) in [6.45, 7) is 9.44. The number of aromatic carboxylic acids is 1. The highest BCUT2D eigenvalue weighted by atomic mass is 16.4. The van der Waals surface area contributed by atoms with Gasteiger partial charge >= 0.3 is 5.97 Å². The molecule has 3 N–H and O–H groups in total. The molecule has 6 nitrogen and oxygen atoms in total. The number of aryl methyl sites for hydroxylation is 1. The van der Waals surface area contributed by atoms with Crippen molar-refractivity contribution in [3.8, 4) is 0 Å². The third kappa shape index (κ3) is 4.70. The Morgan fingerprint density at radius 2 is 2.00 bits per heavy atom. The van der Waals surface area contributed by atoms with E-state index in [9.17, 15) is 9.59 Å². The predicted molar refractivity (Wildman–Crippen MR) is 74.6 cm³/mol. The maximum Gasteiger partial charge on any atom is 0.372 e. The Balaban J connectivity index is 2.57. The third-order valence-electron chi connectivity index (χ3n) is 2.64. The summed E-state index contributed by atoms with van der Waals surface area (Å²) in [6.07, 6.45) is 0. The Labute approximate surface area is 118 Å². The lowest BCUT2D eigenvalue weighted by Gasteiger charge is -2.23. The van der Waals surface area contributed by atoms with Crippen molar-refractivity contribution >= 4 is 11.9 Å². The van der Waals surface area contributed by atoms with Gasteiger partial charge in [-0.1, -0.05) is 0 Å². The van der Waals surface area contributed by atoms with Crippen molar-refractivity contribution in [1.82, 2.24) is 10.6 Å². The van der Waals surface area contributed by atoms with Gasteiger partial charge in [0.25, 0.3) is 0 Å². The molecule has 0 radical (unpaired) electrons. The van der Waals surface area contributed by atoms with Gasteiger partial charge in [-0.3, -0.25) is 10.1 Å². The van der Waals surface area contributed by atoms with Crippen LogP contribution in [-0.2, 0) is 11.3 Å². The lowest BCUT2D eigenvalue weighted by atomic mass is 10.1. The quantitative estimate of drug-likeness (QED) is 0.764. The number of carbonyl (C=O) groups excluding carboxylic acids is 1. The summed E-state index contributed by atoms with van der Waals surface area (Å²) < 4.78 is 5.21. The molecule has 1 unspecified atom stereocenters. The van der Waals surface area contributed by atoms with E-state index in [1.165, 1.54) is 0 Å². The molecule has 6 heteroatoms. The average molecular weight is 282 g/mol. The summed E-state index contributed by atoms with van der Waals surface area (Å²) in [5.74, 6) is -0.768. The van der Waals surface area contributed by atoms with Gasteiger partial charge < -0.3 is 14.8 Å². The average Bonchev–Trinajstić information content (AvgIpc) is 2.65. The minimum atomic E-state index is -1.09. The summed E-state index contributed by atoms with van der Waals surface area (Å²) in [7, 11) is 0. The number of hydrogen-bond donors (Lipinski definition) is 3. The van der Waals surface area contributed by atoms with Gasteiger partial charge in [-0.2, -0.15) is 0 Å². The highest BCUT2D eigenvalue weighted by Gasteiger charge is 2.20. The second-order valence-electron chi connectivity index (χ2n) is 5.87. The first-order valence-corrected chi connectivity index (χ1v) is 6.48. The Bertz CT molecular complexity index is 500. The lowest BCUT2D eigenvalue weighted by Crippen LogP contribution is -2.49. The van der Waals surface area contributed by atoms with Crippen LogP contribution in [0.5, 0.6) is 0 Å². The number of carbonyl (C=O) groups is 2. The van der Waals surface area contributed by atoms with Gasteiger partial charge in [-0.25, -0.2) is 4.79 Å². The minimum absolute atomic E-state index is 0.0615. The maximum absolute atomic E-state index is 11.9. The van der Waals surface area contributed by atoms with Crippen LogP contribution < -0.4 is 10.6 Å². The molecule has 0 fully saturated rings. The number of carboxylic acid groups (broad SMARTS) is 1. The van der Waals surface area contributed by atoms with Crippen LogP contribution in [0.15, 0.2) is 10.5 Å². The molecule has 0 saturated carbocycles. The topological polar surface area (TPSA) is 91.6 Å². The summed E-state index contributed by atoms with van der Waals surface area (Å²) in [4.78, 5) is 22.7. The molecule has 1 aromatic rings. The normalized spacial score (nSPS) is 13.1.